The molecule has 104 valence electrons. The third-order valence-corrected chi connectivity index (χ3v) is 3.69. The SMILES string of the molecule is CCOP(=O)(O)Cc1cc(C(=O)O)ccc1C(=O)O. The Kier molecular flexibility index (Phi) is 4.83. The minimum atomic E-state index is -3.99. The normalized spacial score (nSPS) is 13.8. The summed E-state index contributed by atoms with van der Waals surface area (Å²) in [6.07, 6.45) is -0.552. The molecule has 3 N–H and O–H groups in total. The summed E-state index contributed by atoms with van der Waals surface area (Å²) in [6, 6.07) is 3.28. The molecule has 0 aliphatic rings. The van der Waals surface area contributed by atoms with Crippen LogP contribution in [0.25, 0.3) is 0 Å². The van der Waals surface area contributed by atoms with Gasteiger partial charge in [-0.05, 0) is 30.7 Å². The zero-order valence-electron chi connectivity index (χ0n) is 10.1. The Hall–Kier alpha value is -1.69. The van der Waals surface area contributed by atoms with E-state index in [1.165, 1.54) is 6.92 Å². The van der Waals surface area contributed by atoms with Crippen LogP contribution in [0.2, 0.25) is 0 Å². The van der Waals surface area contributed by atoms with Crippen molar-refractivity contribution in [2.24, 2.45) is 0 Å². The van der Waals surface area contributed by atoms with Gasteiger partial charge in [0.15, 0.2) is 0 Å². The molecule has 0 saturated heterocycles. The fraction of sp³-hybridized carbons (Fsp3) is 0.273. The van der Waals surface area contributed by atoms with E-state index in [0.29, 0.717) is 0 Å². The van der Waals surface area contributed by atoms with Crippen LogP contribution in [-0.4, -0.2) is 33.7 Å². The molecule has 1 unspecified atom stereocenters. The summed E-state index contributed by atoms with van der Waals surface area (Å²) in [4.78, 5) is 31.3. The second-order valence-corrected chi connectivity index (χ2v) is 5.54. The lowest BCUT2D eigenvalue weighted by Gasteiger charge is -2.13. The van der Waals surface area contributed by atoms with Crippen molar-refractivity contribution in [2.75, 3.05) is 6.61 Å². The van der Waals surface area contributed by atoms with Gasteiger partial charge in [-0.1, -0.05) is 0 Å². The molecule has 7 nitrogen and oxygen atoms in total. The number of carboxylic acids is 2. The number of carboxylic acid groups (broad SMARTS) is 2. The Bertz CT molecular complexity index is 552. The van der Waals surface area contributed by atoms with Crippen molar-refractivity contribution in [1.29, 1.82) is 0 Å². The Morgan fingerprint density at radius 3 is 2.37 bits per heavy atom. The lowest BCUT2D eigenvalue weighted by Crippen LogP contribution is -2.07. The minimum Gasteiger partial charge on any atom is -0.478 e. The molecule has 1 atom stereocenters. The average Bonchev–Trinajstić information content (AvgIpc) is 2.27. The standard InChI is InChI=1S/C11H13O7P/c1-2-18-19(16,17)6-8-5-7(10(12)13)3-4-9(8)11(14)15/h3-5H,2,6H2,1H3,(H,12,13)(H,14,15)(H,16,17). The van der Waals surface area contributed by atoms with Crippen molar-refractivity contribution in [3.05, 3.63) is 34.9 Å². The quantitative estimate of drug-likeness (QED) is 0.682. The largest absolute Gasteiger partial charge is 0.478 e. The smallest absolute Gasteiger partial charge is 0.335 e. The van der Waals surface area contributed by atoms with Gasteiger partial charge in [-0.2, -0.15) is 0 Å². The van der Waals surface area contributed by atoms with Gasteiger partial charge in [0.1, 0.15) is 0 Å². The molecule has 0 bridgehead atoms. The monoisotopic (exact) mass is 288 g/mol. The van der Waals surface area contributed by atoms with Crippen LogP contribution < -0.4 is 0 Å². The summed E-state index contributed by atoms with van der Waals surface area (Å²) in [6.45, 7) is 1.52. The molecule has 0 aromatic heterocycles. The molecule has 1 aromatic carbocycles. The van der Waals surface area contributed by atoms with Crippen LogP contribution in [0.4, 0.5) is 0 Å². The van der Waals surface area contributed by atoms with Gasteiger partial charge in [0.05, 0.1) is 23.9 Å². The van der Waals surface area contributed by atoms with Crippen molar-refractivity contribution in [1.82, 2.24) is 0 Å². The minimum absolute atomic E-state index is 0.00515. The summed E-state index contributed by atoms with van der Waals surface area (Å²) >= 11 is 0. The molecule has 1 aromatic rings. The first-order chi connectivity index (χ1) is 8.76. The highest BCUT2D eigenvalue weighted by atomic mass is 31.2. The highest BCUT2D eigenvalue weighted by molar-refractivity contribution is 7.51. The van der Waals surface area contributed by atoms with E-state index >= 15 is 0 Å². The number of hydrogen-bond donors (Lipinski definition) is 3. The molecule has 1 rings (SSSR count). The highest BCUT2D eigenvalue weighted by Gasteiger charge is 2.24. The lowest BCUT2D eigenvalue weighted by molar-refractivity contribution is 0.0680. The van der Waals surface area contributed by atoms with Crippen molar-refractivity contribution >= 4 is 19.5 Å². The van der Waals surface area contributed by atoms with Crippen LogP contribution in [0.15, 0.2) is 18.2 Å². The van der Waals surface area contributed by atoms with E-state index in [0.717, 1.165) is 18.2 Å². The van der Waals surface area contributed by atoms with Gasteiger partial charge < -0.3 is 19.6 Å². The second kappa shape index (κ2) is 5.97. The molecular formula is C11H13O7P. The van der Waals surface area contributed by atoms with Crippen LogP contribution in [-0.2, 0) is 15.3 Å². The van der Waals surface area contributed by atoms with Gasteiger partial charge in [-0.15, -0.1) is 0 Å². The van der Waals surface area contributed by atoms with E-state index in [1.807, 2.05) is 0 Å². The van der Waals surface area contributed by atoms with Gasteiger partial charge >= 0.3 is 19.5 Å². The van der Waals surface area contributed by atoms with Gasteiger partial charge in [0, 0.05) is 0 Å². The predicted octanol–water partition coefficient (Wildman–Crippen LogP) is 1.80. The first kappa shape index (κ1) is 15.4. The molecule has 0 radical (unpaired) electrons. The molecule has 0 spiro atoms. The maximum absolute atomic E-state index is 11.6. The molecule has 0 amide bonds. The highest BCUT2D eigenvalue weighted by Crippen LogP contribution is 2.46. The van der Waals surface area contributed by atoms with Crippen LogP contribution in [0.5, 0.6) is 0 Å². The topological polar surface area (TPSA) is 121 Å². The number of hydrogen-bond acceptors (Lipinski definition) is 4. The number of rotatable bonds is 6. The molecule has 0 saturated carbocycles. The Labute approximate surface area is 109 Å². The Morgan fingerprint density at radius 1 is 1.26 bits per heavy atom. The maximum atomic E-state index is 11.6. The first-order valence-electron chi connectivity index (χ1n) is 5.32. The fourth-order valence-electron chi connectivity index (χ4n) is 1.53. The molecule has 0 fully saturated rings. The molecule has 0 aliphatic carbocycles. The van der Waals surface area contributed by atoms with E-state index in [4.69, 9.17) is 10.2 Å². The van der Waals surface area contributed by atoms with E-state index in [1.54, 1.807) is 0 Å². The summed E-state index contributed by atoms with van der Waals surface area (Å²) in [7, 11) is -3.99. The number of aromatic carboxylic acids is 2. The zero-order valence-corrected chi connectivity index (χ0v) is 11.0. The third-order valence-electron chi connectivity index (χ3n) is 2.28. The molecule has 19 heavy (non-hydrogen) atoms. The first-order valence-corrected chi connectivity index (χ1v) is 7.09. The van der Waals surface area contributed by atoms with Gasteiger partial charge in [-0.3, -0.25) is 4.57 Å². The maximum Gasteiger partial charge on any atom is 0.335 e. The van der Waals surface area contributed by atoms with E-state index in [2.05, 4.69) is 4.52 Å². The summed E-state index contributed by atoms with van der Waals surface area (Å²) in [5.74, 6) is -2.55. The number of benzene rings is 1. The second-order valence-electron chi connectivity index (χ2n) is 3.70. The van der Waals surface area contributed by atoms with E-state index in [-0.39, 0.29) is 23.3 Å². The van der Waals surface area contributed by atoms with E-state index in [9.17, 15) is 19.0 Å². The van der Waals surface area contributed by atoms with Crippen LogP contribution in [0.1, 0.15) is 33.2 Å². The van der Waals surface area contributed by atoms with Gasteiger partial charge in [-0.25, -0.2) is 9.59 Å². The predicted molar refractivity (Wildman–Crippen MR) is 65.5 cm³/mol. The van der Waals surface area contributed by atoms with Crippen molar-refractivity contribution in [3.8, 4) is 0 Å². The Balaban J connectivity index is 3.22. The molecule has 0 aliphatic heterocycles. The van der Waals surface area contributed by atoms with E-state index < -0.39 is 25.7 Å². The van der Waals surface area contributed by atoms with Crippen molar-refractivity contribution in [2.45, 2.75) is 13.1 Å². The summed E-state index contributed by atoms with van der Waals surface area (Å²) in [5.41, 5.74) is -0.429. The Morgan fingerprint density at radius 2 is 1.89 bits per heavy atom. The number of carbonyl (C=O) groups is 2. The average molecular weight is 288 g/mol. The lowest BCUT2D eigenvalue weighted by atomic mass is 10.1. The third kappa shape index (κ3) is 4.17. The van der Waals surface area contributed by atoms with Crippen molar-refractivity contribution < 1.29 is 33.8 Å². The van der Waals surface area contributed by atoms with Gasteiger partial charge in [0.25, 0.3) is 0 Å². The van der Waals surface area contributed by atoms with Crippen LogP contribution >= 0.6 is 7.60 Å². The van der Waals surface area contributed by atoms with Crippen molar-refractivity contribution in [3.63, 3.8) is 0 Å². The van der Waals surface area contributed by atoms with Crippen LogP contribution in [0.3, 0.4) is 0 Å². The van der Waals surface area contributed by atoms with Gasteiger partial charge in [0.2, 0.25) is 0 Å². The summed E-state index contributed by atoms with van der Waals surface area (Å²) < 4.78 is 16.3. The molecule has 0 heterocycles. The summed E-state index contributed by atoms with van der Waals surface area (Å²) in [5, 5.41) is 17.8. The van der Waals surface area contributed by atoms with Crippen LogP contribution in [0, 0.1) is 0 Å². The zero-order chi connectivity index (χ0) is 14.6. The molecular weight excluding hydrogens is 275 g/mol. The fourth-order valence-corrected chi connectivity index (χ4v) is 2.72. The molecule has 8 heteroatoms.